The molecule has 4 heteroatoms. The molecule has 1 aliphatic heterocycles. The zero-order valence-electron chi connectivity index (χ0n) is 13.5. The zero-order chi connectivity index (χ0) is 16.1. The van der Waals surface area contributed by atoms with Crippen molar-refractivity contribution in [2.45, 2.75) is 25.3 Å². The highest BCUT2D eigenvalue weighted by Crippen LogP contribution is 2.29. The van der Waals surface area contributed by atoms with Crippen molar-refractivity contribution in [2.24, 2.45) is 0 Å². The molecule has 1 aromatic carbocycles. The molecule has 1 amide bonds. The van der Waals surface area contributed by atoms with Crippen LogP contribution in [0.2, 0.25) is 0 Å². The van der Waals surface area contributed by atoms with Crippen molar-refractivity contribution in [3.8, 4) is 11.1 Å². The number of nitrogens with one attached hydrogen (secondary N) is 1. The van der Waals surface area contributed by atoms with E-state index in [1.807, 2.05) is 48.5 Å². The smallest absolute Gasteiger partial charge is 0.244 e. The molecule has 1 aromatic heterocycles. The van der Waals surface area contributed by atoms with Gasteiger partial charge in [0.2, 0.25) is 5.91 Å². The number of aromatic nitrogens is 1. The Kier molecular flexibility index (Phi) is 5.03. The summed E-state index contributed by atoms with van der Waals surface area (Å²) in [4.78, 5) is 19.2. The van der Waals surface area contributed by atoms with Crippen LogP contribution in [0.3, 0.4) is 0 Å². The Bertz CT molecular complexity index is 651. The molecule has 3 rings (SSSR count). The maximum Gasteiger partial charge on any atom is 0.244 e. The third-order valence-electron chi connectivity index (χ3n) is 4.45. The SMILES string of the molecule is CNC(C(=O)N1CCCCC1)c1ccccc1-c1cccnc1. The van der Waals surface area contributed by atoms with E-state index in [1.54, 1.807) is 6.20 Å². The number of amides is 1. The van der Waals surface area contributed by atoms with E-state index in [2.05, 4.69) is 16.4 Å². The van der Waals surface area contributed by atoms with Gasteiger partial charge in [0.25, 0.3) is 0 Å². The summed E-state index contributed by atoms with van der Waals surface area (Å²) in [5, 5.41) is 3.21. The highest BCUT2D eigenvalue weighted by molar-refractivity contribution is 5.86. The first-order chi connectivity index (χ1) is 11.3. The molecule has 1 aliphatic rings. The van der Waals surface area contributed by atoms with Gasteiger partial charge in [0.1, 0.15) is 6.04 Å². The molecule has 1 atom stereocenters. The van der Waals surface area contributed by atoms with Gasteiger partial charge in [-0.1, -0.05) is 30.3 Å². The molecule has 1 fully saturated rings. The minimum atomic E-state index is -0.315. The summed E-state index contributed by atoms with van der Waals surface area (Å²) in [6.07, 6.45) is 7.04. The fourth-order valence-electron chi connectivity index (χ4n) is 3.24. The molecule has 2 aromatic rings. The number of rotatable bonds is 4. The van der Waals surface area contributed by atoms with Crippen molar-refractivity contribution >= 4 is 5.91 Å². The Balaban J connectivity index is 1.94. The molecular formula is C19H23N3O. The minimum Gasteiger partial charge on any atom is -0.341 e. The fourth-order valence-corrected chi connectivity index (χ4v) is 3.24. The molecule has 23 heavy (non-hydrogen) atoms. The quantitative estimate of drug-likeness (QED) is 0.944. The normalized spacial score (nSPS) is 16.1. The lowest BCUT2D eigenvalue weighted by molar-refractivity contribution is -0.134. The molecule has 0 aliphatic carbocycles. The van der Waals surface area contributed by atoms with E-state index in [-0.39, 0.29) is 11.9 Å². The van der Waals surface area contributed by atoms with Crippen molar-refractivity contribution < 1.29 is 4.79 Å². The molecule has 1 N–H and O–H groups in total. The Morgan fingerprint density at radius 1 is 1.13 bits per heavy atom. The van der Waals surface area contributed by atoms with Gasteiger partial charge in [-0.2, -0.15) is 0 Å². The number of nitrogens with zero attached hydrogens (tertiary/aromatic N) is 2. The summed E-state index contributed by atoms with van der Waals surface area (Å²) in [6.45, 7) is 1.73. The van der Waals surface area contributed by atoms with Gasteiger partial charge in [0, 0.05) is 31.0 Å². The Hall–Kier alpha value is -2.20. The van der Waals surface area contributed by atoms with Crippen LogP contribution in [0.4, 0.5) is 0 Å². The average molecular weight is 309 g/mol. The lowest BCUT2D eigenvalue weighted by Gasteiger charge is -2.31. The summed E-state index contributed by atoms with van der Waals surface area (Å²) in [6, 6.07) is 11.7. The van der Waals surface area contributed by atoms with Crippen molar-refractivity contribution in [1.29, 1.82) is 0 Å². The topological polar surface area (TPSA) is 45.2 Å². The van der Waals surface area contributed by atoms with Gasteiger partial charge in [-0.05, 0) is 43.5 Å². The maximum atomic E-state index is 13.0. The minimum absolute atomic E-state index is 0.170. The van der Waals surface area contributed by atoms with E-state index in [4.69, 9.17) is 0 Å². The van der Waals surface area contributed by atoms with E-state index in [9.17, 15) is 4.79 Å². The molecule has 0 radical (unpaired) electrons. The standard InChI is InChI=1S/C19H23N3O/c1-20-18(19(23)22-12-5-2-6-13-22)17-10-4-3-9-16(17)15-8-7-11-21-14-15/h3-4,7-11,14,18,20H,2,5-6,12-13H2,1H3. The van der Waals surface area contributed by atoms with Gasteiger partial charge in [-0.3, -0.25) is 9.78 Å². The summed E-state index contributed by atoms with van der Waals surface area (Å²) in [5.74, 6) is 0.170. The molecule has 1 saturated heterocycles. The number of benzene rings is 1. The van der Waals surface area contributed by atoms with Gasteiger partial charge < -0.3 is 10.2 Å². The molecular weight excluding hydrogens is 286 g/mol. The number of likely N-dealkylation sites (N-methyl/N-ethyl adjacent to an activating group) is 1. The third kappa shape index (κ3) is 3.42. The van der Waals surface area contributed by atoms with E-state index in [0.29, 0.717) is 0 Å². The van der Waals surface area contributed by atoms with Gasteiger partial charge in [0.15, 0.2) is 0 Å². The van der Waals surface area contributed by atoms with E-state index in [0.717, 1.165) is 42.6 Å². The number of likely N-dealkylation sites (tertiary alicyclic amines) is 1. The Morgan fingerprint density at radius 2 is 1.91 bits per heavy atom. The molecule has 0 saturated carbocycles. The zero-order valence-corrected chi connectivity index (χ0v) is 13.5. The monoisotopic (exact) mass is 309 g/mol. The summed E-state index contributed by atoms with van der Waals surface area (Å²) >= 11 is 0. The second kappa shape index (κ2) is 7.38. The first kappa shape index (κ1) is 15.7. The van der Waals surface area contributed by atoms with Crippen molar-refractivity contribution in [2.75, 3.05) is 20.1 Å². The highest BCUT2D eigenvalue weighted by atomic mass is 16.2. The first-order valence-corrected chi connectivity index (χ1v) is 8.26. The lowest BCUT2D eigenvalue weighted by Crippen LogP contribution is -2.42. The Labute approximate surface area is 137 Å². The number of carbonyl (C=O) groups is 1. The summed E-state index contributed by atoms with van der Waals surface area (Å²) < 4.78 is 0. The van der Waals surface area contributed by atoms with Crippen LogP contribution >= 0.6 is 0 Å². The molecule has 120 valence electrons. The first-order valence-electron chi connectivity index (χ1n) is 8.26. The van der Waals surface area contributed by atoms with Crippen LogP contribution in [0, 0.1) is 0 Å². The molecule has 4 nitrogen and oxygen atoms in total. The molecule has 1 unspecified atom stereocenters. The van der Waals surface area contributed by atoms with Gasteiger partial charge >= 0.3 is 0 Å². The van der Waals surface area contributed by atoms with Crippen LogP contribution in [-0.4, -0.2) is 35.9 Å². The van der Waals surface area contributed by atoms with Crippen LogP contribution < -0.4 is 5.32 Å². The van der Waals surface area contributed by atoms with Crippen LogP contribution in [0.1, 0.15) is 30.9 Å². The van der Waals surface area contributed by atoms with Crippen LogP contribution in [0.25, 0.3) is 11.1 Å². The fraction of sp³-hybridized carbons (Fsp3) is 0.368. The van der Waals surface area contributed by atoms with E-state index < -0.39 is 0 Å². The van der Waals surface area contributed by atoms with Crippen molar-refractivity contribution in [3.05, 3.63) is 54.4 Å². The molecule has 0 spiro atoms. The molecule has 0 bridgehead atoms. The predicted molar refractivity (Wildman–Crippen MR) is 91.9 cm³/mol. The summed E-state index contributed by atoms with van der Waals surface area (Å²) in [5.41, 5.74) is 3.11. The second-order valence-electron chi connectivity index (χ2n) is 5.94. The maximum absolute atomic E-state index is 13.0. The number of piperidine rings is 1. The lowest BCUT2D eigenvalue weighted by atomic mass is 9.94. The molecule has 2 heterocycles. The Morgan fingerprint density at radius 3 is 2.61 bits per heavy atom. The van der Waals surface area contributed by atoms with Crippen LogP contribution in [0.5, 0.6) is 0 Å². The number of hydrogen-bond acceptors (Lipinski definition) is 3. The number of pyridine rings is 1. The van der Waals surface area contributed by atoms with Crippen LogP contribution in [0.15, 0.2) is 48.8 Å². The average Bonchev–Trinajstić information content (AvgIpc) is 2.64. The van der Waals surface area contributed by atoms with Crippen LogP contribution in [-0.2, 0) is 4.79 Å². The van der Waals surface area contributed by atoms with E-state index >= 15 is 0 Å². The second-order valence-corrected chi connectivity index (χ2v) is 5.94. The van der Waals surface area contributed by atoms with Crippen molar-refractivity contribution in [1.82, 2.24) is 15.2 Å². The van der Waals surface area contributed by atoms with E-state index in [1.165, 1.54) is 6.42 Å². The summed E-state index contributed by atoms with van der Waals surface area (Å²) in [7, 11) is 1.85. The predicted octanol–water partition coefficient (Wildman–Crippen LogP) is 3.02. The van der Waals surface area contributed by atoms with Crippen molar-refractivity contribution in [3.63, 3.8) is 0 Å². The number of hydrogen-bond donors (Lipinski definition) is 1. The third-order valence-corrected chi connectivity index (χ3v) is 4.45. The largest absolute Gasteiger partial charge is 0.341 e. The highest BCUT2D eigenvalue weighted by Gasteiger charge is 2.27. The van der Waals surface area contributed by atoms with Gasteiger partial charge in [0.05, 0.1) is 0 Å². The van der Waals surface area contributed by atoms with Gasteiger partial charge in [-0.25, -0.2) is 0 Å². The number of carbonyl (C=O) groups excluding carboxylic acids is 1. The van der Waals surface area contributed by atoms with Gasteiger partial charge in [-0.15, -0.1) is 0 Å².